The van der Waals surface area contributed by atoms with Gasteiger partial charge in [-0.05, 0) is 25.7 Å². The second-order valence-electron chi connectivity index (χ2n) is 5.81. The van der Waals surface area contributed by atoms with Crippen LogP contribution in [0.3, 0.4) is 0 Å². The summed E-state index contributed by atoms with van der Waals surface area (Å²) < 4.78 is 0. The lowest BCUT2D eigenvalue weighted by atomic mass is 9.78. The SMILES string of the molecule is CCCCN(CCO)C(=O)N1CCCC(CC)(C(=O)O)C1. The number of carbonyl (C=O) groups is 2. The Morgan fingerprint density at radius 1 is 1.29 bits per heavy atom. The number of aliphatic hydroxyl groups excluding tert-OH is 1. The lowest BCUT2D eigenvalue weighted by molar-refractivity contribution is -0.152. The van der Waals surface area contributed by atoms with Gasteiger partial charge >= 0.3 is 12.0 Å². The van der Waals surface area contributed by atoms with Gasteiger partial charge in [0, 0.05) is 26.2 Å². The quantitative estimate of drug-likeness (QED) is 0.751. The number of unbranched alkanes of at least 4 members (excludes halogenated alkanes) is 1. The van der Waals surface area contributed by atoms with Gasteiger partial charge in [-0.25, -0.2) is 4.79 Å². The Kier molecular flexibility index (Phi) is 6.95. The number of carbonyl (C=O) groups excluding carboxylic acids is 1. The molecule has 0 aliphatic carbocycles. The van der Waals surface area contributed by atoms with Gasteiger partial charge in [0.2, 0.25) is 0 Å². The summed E-state index contributed by atoms with van der Waals surface area (Å²) in [7, 11) is 0. The normalized spacial score (nSPS) is 22.1. The van der Waals surface area contributed by atoms with Crippen molar-refractivity contribution in [2.75, 3.05) is 32.8 Å². The van der Waals surface area contributed by atoms with Crippen LogP contribution < -0.4 is 0 Å². The predicted molar refractivity (Wildman–Crippen MR) is 80.1 cm³/mol. The first-order valence-corrected chi connectivity index (χ1v) is 7.89. The lowest BCUT2D eigenvalue weighted by Crippen LogP contribution is -2.54. The Morgan fingerprint density at radius 2 is 2.00 bits per heavy atom. The molecular weight excluding hydrogens is 272 g/mol. The van der Waals surface area contributed by atoms with Gasteiger partial charge < -0.3 is 20.0 Å². The van der Waals surface area contributed by atoms with Crippen LogP contribution in [0.2, 0.25) is 0 Å². The first kappa shape index (κ1) is 17.8. The number of carboxylic acids is 1. The number of likely N-dealkylation sites (tertiary alicyclic amines) is 1. The van der Waals surface area contributed by atoms with Gasteiger partial charge in [0.15, 0.2) is 0 Å². The Balaban J connectivity index is 2.77. The highest BCUT2D eigenvalue weighted by atomic mass is 16.4. The Bertz CT molecular complexity index is 362. The zero-order valence-corrected chi connectivity index (χ0v) is 13.2. The molecule has 21 heavy (non-hydrogen) atoms. The molecule has 0 radical (unpaired) electrons. The molecule has 1 aliphatic rings. The fourth-order valence-corrected chi connectivity index (χ4v) is 2.88. The monoisotopic (exact) mass is 300 g/mol. The molecule has 2 amide bonds. The molecule has 2 N–H and O–H groups in total. The molecule has 6 heteroatoms. The van der Waals surface area contributed by atoms with E-state index in [4.69, 9.17) is 5.11 Å². The van der Waals surface area contributed by atoms with E-state index < -0.39 is 11.4 Å². The van der Waals surface area contributed by atoms with Crippen molar-refractivity contribution in [2.45, 2.75) is 46.0 Å². The molecule has 1 aliphatic heterocycles. The maximum absolute atomic E-state index is 12.6. The van der Waals surface area contributed by atoms with E-state index in [9.17, 15) is 14.7 Å². The van der Waals surface area contributed by atoms with Crippen molar-refractivity contribution in [2.24, 2.45) is 5.41 Å². The molecule has 0 bridgehead atoms. The van der Waals surface area contributed by atoms with Gasteiger partial charge in [-0.1, -0.05) is 20.3 Å². The third-order valence-electron chi connectivity index (χ3n) is 4.40. The molecule has 0 spiro atoms. The summed E-state index contributed by atoms with van der Waals surface area (Å²) in [6, 6.07) is -0.142. The van der Waals surface area contributed by atoms with Crippen LogP contribution in [0.15, 0.2) is 0 Å². The first-order chi connectivity index (χ1) is 10.0. The van der Waals surface area contributed by atoms with Gasteiger partial charge in [-0.15, -0.1) is 0 Å². The van der Waals surface area contributed by atoms with Gasteiger partial charge in [0.1, 0.15) is 0 Å². The molecule has 0 aromatic carbocycles. The number of hydrogen-bond acceptors (Lipinski definition) is 3. The number of piperidine rings is 1. The molecule has 0 aromatic heterocycles. The van der Waals surface area contributed by atoms with E-state index in [0.29, 0.717) is 38.9 Å². The van der Waals surface area contributed by atoms with Crippen molar-refractivity contribution in [3.05, 3.63) is 0 Å². The van der Waals surface area contributed by atoms with Crippen molar-refractivity contribution in [1.29, 1.82) is 0 Å². The second kappa shape index (κ2) is 8.22. The summed E-state index contributed by atoms with van der Waals surface area (Å²) in [5.41, 5.74) is -0.816. The molecule has 1 rings (SSSR count). The van der Waals surface area contributed by atoms with E-state index in [1.54, 1.807) is 9.80 Å². The van der Waals surface area contributed by atoms with E-state index >= 15 is 0 Å². The number of aliphatic carboxylic acids is 1. The van der Waals surface area contributed by atoms with E-state index in [-0.39, 0.29) is 19.2 Å². The highest BCUT2D eigenvalue weighted by Crippen LogP contribution is 2.34. The maximum atomic E-state index is 12.6. The average molecular weight is 300 g/mol. The van der Waals surface area contributed by atoms with Crippen molar-refractivity contribution < 1.29 is 19.8 Å². The number of carboxylic acid groups (broad SMARTS) is 1. The number of rotatable bonds is 7. The smallest absolute Gasteiger partial charge is 0.320 e. The third kappa shape index (κ3) is 4.33. The fraction of sp³-hybridized carbons (Fsp3) is 0.867. The largest absolute Gasteiger partial charge is 0.481 e. The Labute approximate surface area is 126 Å². The minimum Gasteiger partial charge on any atom is -0.481 e. The lowest BCUT2D eigenvalue weighted by Gasteiger charge is -2.41. The summed E-state index contributed by atoms with van der Waals surface area (Å²) in [6.45, 7) is 5.63. The van der Waals surface area contributed by atoms with E-state index in [1.807, 2.05) is 6.92 Å². The molecule has 122 valence electrons. The van der Waals surface area contributed by atoms with E-state index in [0.717, 1.165) is 12.8 Å². The molecule has 1 fully saturated rings. The average Bonchev–Trinajstić information content (AvgIpc) is 2.50. The van der Waals surface area contributed by atoms with Crippen LogP contribution in [0.1, 0.15) is 46.0 Å². The van der Waals surface area contributed by atoms with Crippen LogP contribution in [0.25, 0.3) is 0 Å². The van der Waals surface area contributed by atoms with Crippen LogP contribution in [0.5, 0.6) is 0 Å². The minimum atomic E-state index is -0.816. The molecule has 0 saturated carbocycles. The van der Waals surface area contributed by atoms with Crippen molar-refractivity contribution in [1.82, 2.24) is 9.80 Å². The zero-order valence-electron chi connectivity index (χ0n) is 13.2. The van der Waals surface area contributed by atoms with Crippen LogP contribution in [0, 0.1) is 5.41 Å². The molecule has 1 heterocycles. The number of aliphatic hydroxyl groups is 1. The molecule has 0 aromatic rings. The fourth-order valence-electron chi connectivity index (χ4n) is 2.88. The summed E-state index contributed by atoms with van der Waals surface area (Å²) in [5.74, 6) is -0.815. The van der Waals surface area contributed by atoms with E-state index in [1.165, 1.54) is 0 Å². The second-order valence-corrected chi connectivity index (χ2v) is 5.81. The van der Waals surface area contributed by atoms with Crippen molar-refractivity contribution in [3.63, 3.8) is 0 Å². The van der Waals surface area contributed by atoms with Crippen molar-refractivity contribution in [3.8, 4) is 0 Å². The molecule has 1 saturated heterocycles. The summed E-state index contributed by atoms with van der Waals surface area (Å²) in [5, 5.41) is 18.6. The number of urea groups is 1. The highest BCUT2D eigenvalue weighted by molar-refractivity contribution is 5.78. The molecule has 6 nitrogen and oxygen atoms in total. The standard InChI is InChI=1S/C15H28N2O4/c1-3-5-8-16(10-11-18)14(21)17-9-6-7-15(4-2,12-17)13(19)20/h18H,3-12H2,1-2H3,(H,19,20). The molecule has 1 atom stereocenters. The minimum absolute atomic E-state index is 0.0683. The summed E-state index contributed by atoms with van der Waals surface area (Å²) >= 11 is 0. The topological polar surface area (TPSA) is 81.1 Å². The zero-order chi connectivity index (χ0) is 15.9. The summed E-state index contributed by atoms with van der Waals surface area (Å²) in [4.78, 5) is 27.4. The predicted octanol–water partition coefficient (Wildman–Crippen LogP) is 1.78. The van der Waals surface area contributed by atoms with Crippen LogP contribution >= 0.6 is 0 Å². The van der Waals surface area contributed by atoms with Crippen molar-refractivity contribution >= 4 is 12.0 Å². The first-order valence-electron chi connectivity index (χ1n) is 7.89. The number of hydrogen-bond donors (Lipinski definition) is 2. The highest BCUT2D eigenvalue weighted by Gasteiger charge is 2.42. The van der Waals surface area contributed by atoms with Gasteiger partial charge in [0.05, 0.1) is 12.0 Å². The van der Waals surface area contributed by atoms with Crippen LogP contribution in [-0.2, 0) is 4.79 Å². The third-order valence-corrected chi connectivity index (χ3v) is 4.40. The Hall–Kier alpha value is -1.30. The molecule has 1 unspecified atom stereocenters. The van der Waals surface area contributed by atoms with E-state index in [2.05, 4.69) is 6.92 Å². The van der Waals surface area contributed by atoms with Gasteiger partial charge in [-0.2, -0.15) is 0 Å². The summed E-state index contributed by atoms with van der Waals surface area (Å²) in [6.07, 6.45) is 3.73. The maximum Gasteiger partial charge on any atom is 0.320 e. The number of nitrogens with zero attached hydrogens (tertiary/aromatic N) is 2. The Morgan fingerprint density at radius 3 is 2.52 bits per heavy atom. The molecular formula is C15H28N2O4. The van der Waals surface area contributed by atoms with Crippen LogP contribution in [-0.4, -0.2) is 64.8 Å². The van der Waals surface area contributed by atoms with Gasteiger partial charge in [0.25, 0.3) is 0 Å². The van der Waals surface area contributed by atoms with Gasteiger partial charge in [-0.3, -0.25) is 4.79 Å². The van der Waals surface area contributed by atoms with Crippen LogP contribution in [0.4, 0.5) is 4.79 Å². The number of amides is 2.